The Labute approximate surface area is 208 Å². The predicted octanol–water partition coefficient (Wildman–Crippen LogP) is 5.10. The number of nitrogens with zero attached hydrogens (tertiary/aromatic N) is 3. The molecule has 0 saturated carbocycles. The zero-order chi connectivity index (χ0) is 25.1. The third-order valence-corrected chi connectivity index (χ3v) is 6.44. The Kier molecular flexibility index (Phi) is 6.41. The number of carbonyl (C=O) groups is 2. The smallest absolute Gasteiger partial charge is 0.441 e. The van der Waals surface area contributed by atoms with Crippen molar-refractivity contribution in [3.05, 3.63) is 120 Å². The zero-order valence-electron chi connectivity index (χ0n) is 19.5. The maximum absolute atomic E-state index is 14.0. The van der Waals surface area contributed by atoms with Crippen LogP contribution >= 0.6 is 0 Å². The van der Waals surface area contributed by atoms with Gasteiger partial charge in [-0.3, -0.25) is 9.63 Å². The van der Waals surface area contributed by atoms with Crippen molar-refractivity contribution < 1.29 is 24.0 Å². The van der Waals surface area contributed by atoms with Gasteiger partial charge in [0.1, 0.15) is 6.10 Å². The van der Waals surface area contributed by atoms with Crippen LogP contribution < -0.4 is 5.06 Å². The molecule has 0 amide bonds. The van der Waals surface area contributed by atoms with Crippen molar-refractivity contribution >= 4 is 33.9 Å². The first-order valence-electron chi connectivity index (χ1n) is 11.5. The summed E-state index contributed by atoms with van der Waals surface area (Å²) < 4.78 is 4.74. The van der Waals surface area contributed by atoms with Gasteiger partial charge < -0.3 is 10.3 Å². The Balaban J connectivity index is 1.75. The molecule has 1 fully saturated rings. The van der Waals surface area contributed by atoms with E-state index < -0.39 is 35.5 Å². The van der Waals surface area contributed by atoms with Gasteiger partial charge in [0.25, 0.3) is 5.78 Å². The third-order valence-electron chi connectivity index (χ3n) is 6.44. The second kappa shape index (κ2) is 9.96. The van der Waals surface area contributed by atoms with E-state index in [9.17, 15) is 15.1 Å². The lowest BCUT2D eigenvalue weighted by Crippen LogP contribution is -2.37. The number of benzene rings is 4. The number of anilines is 1. The summed E-state index contributed by atoms with van der Waals surface area (Å²) in [6.07, 6.45) is -0.782. The molecule has 1 aliphatic heterocycles. The molecule has 7 nitrogen and oxygen atoms in total. The molecule has 178 valence electrons. The van der Waals surface area contributed by atoms with E-state index in [4.69, 9.17) is 9.57 Å². The number of methoxy groups -OCH3 is 1. The number of ether oxygens (including phenoxy) is 1. The summed E-state index contributed by atoms with van der Waals surface area (Å²) in [5.41, 5.74) is 11.3. The standard InChI is InChI=1S/C29H23N3O4/c1-35-29(34)25(31-30)27(33)24-26(20-12-4-2-5-13-20)32(21-15-6-3-7-16-21)36-28(24)23-18-10-14-19-11-8-9-17-22(19)23/h2-18,24,26,28H,1H3/t24-,26+,28-/m1/s1. The van der Waals surface area contributed by atoms with Gasteiger partial charge in [0.05, 0.1) is 24.8 Å². The lowest BCUT2D eigenvalue weighted by molar-refractivity contribution is -0.140. The van der Waals surface area contributed by atoms with Crippen molar-refractivity contribution in [3.63, 3.8) is 0 Å². The normalized spacial score (nSPS) is 19.0. The van der Waals surface area contributed by atoms with Crippen LogP contribution in [0.15, 0.2) is 103 Å². The second-order valence-corrected chi connectivity index (χ2v) is 8.44. The van der Waals surface area contributed by atoms with E-state index in [0.717, 1.165) is 34.7 Å². The first-order valence-corrected chi connectivity index (χ1v) is 11.5. The van der Waals surface area contributed by atoms with E-state index in [-0.39, 0.29) is 0 Å². The summed E-state index contributed by atoms with van der Waals surface area (Å²) in [5.74, 6) is -2.61. The molecule has 0 radical (unpaired) electrons. The van der Waals surface area contributed by atoms with Gasteiger partial charge in [-0.2, -0.15) is 4.79 Å². The zero-order valence-corrected chi connectivity index (χ0v) is 19.5. The SMILES string of the molecule is COC(=O)C(=[N+]=[N-])C(=O)[C@@H]1[C@@H](c2cccc3ccccc23)ON(c2ccccc2)[C@H]1c1ccccc1. The molecule has 7 heteroatoms. The molecule has 1 saturated heterocycles. The topological polar surface area (TPSA) is 92.2 Å². The molecule has 4 aromatic rings. The van der Waals surface area contributed by atoms with Gasteiger partial charge >= 0.3 is 11.7 Å². The number of para-hydroxylation sites is 1. The Morgan fingerprint density at radius 1 is 0.861 bits per heavy atom. The molecule has 1 heterocycles. The van der Waals surface area contributed by atoms with Crippen LogP contribution in [0.2, 0.25) is 0 Å². The Hall–Kier alpha value is -4.58. The van der Waals surface area contributed by atoms with E-state index in [1.54, 1.807) is 5.06 Å². The maximum atomic E-state index is 14.0. The summed E-state index contributed by atoms with van der Waals surface area (Å²) in [7, 11) is 1.14. The van der Waals surface area contributed by atoms with Crippen molar-refractivity contribution in [1.29, 1.82) is 0 Å². The Morgan fingerprint density at radius 2 is 1.50 bits per heavy atom. The van der Waals surface area contributed by atoms with Crippen LogP contribution in [-0.4, -0.2) is 29.4 Å². The highest BCUT2D eigenvalue weighted by molar-refractivity contribution is 6.62. The van der Waals surface area contributed by atoms with Crippen molar-refractivity contribution in [2.24, 2.45) is 5.92 Å². The van der Waals surface area contributed by atoms with Gasteiger partial charge in [0, 0.05) is 0 Å². The summed E-state index contributed by atoms with van der Waals surface area (Å²) in [6.45, 7) is 0. The number of rotatable bonds is 6. The minimum absolute atomic E-state index is 0.619. The average molecular weight is 478 g/mol. The molecular formula is C29H23N3O4. The first kappa shape index (κ1) is 23.2. The van der Waals surface area contributed by atoms with Crippen LogP contribution in [-0.2, 0) is 19.2 Å². The average Bonchev–Trinajstić information content (AvgIpc) is 3.34. The Bertz CT molecular complexity index is 1460. The monoisotopic (exact) mass is 477 g/mol. The third kappa shape index (κ3) is 4.07. The maximum Gasteiger partial charge on any atom is 0.441 e. The van der Waals surface area contributed by atoms with E-state index in [0.29, 0.717) is 0 Å². The molecule has 0 unspecified atom stereocenters. The van der Waals surface area contributed by atoms with E-state index in [1.807, 2.05) is 103 Å². The van der Waals surface area contributed by atoms with Crippen molar-refractivity contribution in [3.8, 4) is 0 Å². The number of hydroxylamine groups is 1. The number of Topliss-reactive ketones (excluding diaryl/α,β-unsaturated/α-hetero) is 1. The number of hydrogen-bond donors (Lipinski definition) is 0. The fraction of sp³-hybridized carbons (Fsp3) is 0.138. The molecule has 0 aliphatic carbocycles. The first-order chi connectivity index (χ1) is 17.6. The highest BCUT2D eigenvalue weighted by Gasteiger charge is 2.54. The van der Waals surface area contributed by atoms with Gasteiger partial charge in [0.15, 0.2) is 0 Å². The van der Waals surface area contributed by atoms with Gasteiger partial charge in [-0.25, -0.2) is 9.86 Å². The van der Waals surface area contributed by atoms with E-state index >= 15 is 0 Å². The number of hydrogen-bond acceptors (Lipinski definition) is 5. The largest absolute Gasteiger partial charge is 0.460 e. The summed E-state index contributed by atoms with van der Waals surface area (Å²) in [5, 5.41) is 3.62. The van der Waals surface area contributed by atoms with Gasteiger partial charge in [0.2, 0.25) is 0 Å². The van der Waals surface area contributed by atoms with Crippen molar-refractivity contribution in [2.45, 2.75) is 12.1 Å². The Morgan fingerprint density at radius 3 is 2.19 bits per heavy atom. The summed E-state index contributed by atoms with van der Waals surface area (Å²) >= 11 is 0. The molecule has 0 N–H and O–H groups in total. The number of esters is 1. The van der Waals surface area contributed by atoms with E-state index in [2.05, 4.69) is 4.79 Å². The highest BCUT2D eigenvalue weighted by atomic mass is 16.7. The van der Waals surface area contributed by atoms with Crippen LogP contribution in [0.3, 0.4) is 0 Å². The number of carbonyl (C=O) groups excluding carboxylic acids is 2. The van der Waals surface area contributed by atoms with Crippen LogP contribution in [0.1, 0.15) is 23.3 Å². The molecule has 0 aromatic heterocycles. The van der Waals surface area contributed by atoms with Gasteiger partial charge in [-0.1, -0.05) is 91.0 Å². The van der Waals surface area contributed by atoms with E-state index in [1.165, 1.54) is 0 Å². The summed E-state index contributed by atoms with van der Waals surface area (Å²) in [6, 6.07) is 32.0. The van der Waals surface area contributed by atoms with Gasteiger partial charge in [-0.15, -0.1) is 0 Å². The molecule has 5 rings (SSSR count). The molecular weight excluding hydrogens is 454 g/mol. The van der Waals surface area contributed by atoms with Crippen molar-refractivity contribution in [2.75, 3.05) is 12.2 Å². The molecule has 1 aliphatic rings. The quantitative estimate of drug-likeness (QED) is 0.127. The lowest BCUT2D eigenvalue weighted by Gasteiger charge is -2.26. The molecule has 3 atom stereocenters. The van der Waals surface area contributed by atoms with Crippen LogP contribution in [0, 0.1) is 5.92 Å². The second-order valence-electron chi connectivity index (χ2n) is 8.44. The minimum atomic E-state index is -1.01. The molecule has 0 bridgehead atoms. The van der Waals surface area contributed by atoms with Crippen LogP contribution in [0.25, 0.3) is 16.3 Å². The summed E-state index contributed by atoms with van der Waals surface area (Å²) in [4.78, 5) is 36.0. The van der Waals surface area contributed by atoms with Gasteiger partial charge in [-0.05, 0) is 34.0 Å². The molecule has 4 aromatic carbocycles. The molecule has 36 heavy (non-hydrogen) atoms. The van der Waals surface area contributed by atoms with Crippen LogP contribution in [0.4, 0.5) is 5.69 Å². The lowest BCUT2D eigenvalue weighted by atomic mass is 9.80. The minimum Gasteiger partial charge on any atom is -0.460 e. The fourth-order valence-electron chi connectivity index (χ4n) is 4.83. The predicted molar refractivity (Wildman–Crippen MR) is 135 cm³/mol. The fourth-order valence-corrected chi connectivity index (χ4v) is 4.83. The molecule has 0 spiro atoms. The van der Waals surface area contributed by atoms with Crippen molar-refractivity contribution in [1.82, 2.24) is 0 Å². The number of ketones is 1. The highest BCUT2D eigenvalue weighted by Crippen LogP contribution is 2.50. The number of fused-ring (bicyclic) bond motifs is 1. The van der Waals surface area contributed by atoms with Crippen LogP contribution in [0.5, 0.6) is 0 Å².